The first-order chi connectivity index (χ1) is 19.8. The lowest BCUT2D eigenvalue weighted by Gasteiger charge is -2.32. The standard InChI is InChI=1S/C12H22B3N3O6.C9H16B3N3O2/c1-4-7-21-23-10-14-16-13(9-20-12(19)6-3)17-15(18-14)11-24-22-8-5-2;1-5-10-13-11(6-2)15-12(14-10)7-17-9(16)8(3)4/h4-6,16-18H,1-3,7-11H2;5-6,13-15H,1-3,7H2,4H3. The van der Waals surface area contributed by atoms with Crippen LogP contribution in [-0.4, -0.2) is 93.1 Å². The second kappa shape index (κ2) is 22.0. The van der Waals surface area contributed by atoms with Gasteiger partial charge in [0.15, 0.2) is 0 Å². The lowest BCUT2D eigenvalue weighted by molar-refractivity contribution is -0.274. The van der Waals surface area contributed by atoms with Crippen LogP contribution in [0.2, 0.25) is 0 Å². The van der Waals surface area contributed by atoms with Gasteiger partial charge >= 0.3 is 53.8 Å². The zero-order valence-corrected chi connectivity index (χ0v) is 23.6. The lowest BCUT2D eigenvalue weighted by atomic mass is 9.50. The molecule has 0 radical (unpaired) electrons. The Morgan fingerprint density at radius 3 is 1.49 bits per heavy atom. The van der Waals surface area contributed by atoms with Crippen LogP contribution in [0.15, 0.2) is 75.2 Å². The molecule has 0 unspecified atom stereocenters. The van der Waals surface area contributed by atoms with Crippen LogP contribution in [0.3, 0.4) is 0 Å². The second-order valence-corrected chi connectivity index (χ2v) is 8.57. The summed E-state index contributed by atoms with van der Waals surface area (Å²) in [6.07, 6.45) is 4.26. The maximum atomic E-state index is 11.3. The predicted octanol–water partition coefficient (Wildman–Crippen LogP) is -1.81. The minimum Gasteiger partial charge on any atom is -0.468 e. The Labute approximate surface area is 244 Å². The van der Waals surface area contributed by atoms with Crippen LogP contribution >= 0.6 is 0 Å². The molecule has 0 bridgehead atoms. The molecule has 20 heteroatoms. The first-order valence-electron chi connectivity index (χ1n) is 12.9. The fraction of sp³-hybridized carbons (Fsp3) is 0.333. The van der Waals surface area contributed by atoms with E-state index < -0.39 is 11.9 Å². The van der Waals surface area contributed by atoms with Crippen molar-refractivity contribution in [1.82, 2.24) is 30.8 Å². The van der Waals surface area contributed by atoms with Gasteiger partial charge in [-0.15, -0.1) is 26.3 Å². The lowest BCUT2D eigenvalue weighted by Crippen LogP contribution is -2.78. The van der Waals surface area contributed by atoms with Crippen LogP contribution in [-0.2, 0) is 38.6 Å². The van der Waals surface area contributed by atoms with E-state index in [4.69, 9.17) is 29.0 Å². The Morgan fingerprint density at radius 2 is 1.07 bits per heavy atom. The number of carbonyl (C=O) groups excluding carboxylic acids is 2. The van der Waals surface area contributed by atoms with Crippen LogP contribution in [0.1, 0.15) is 6.92 Å². The normalized spacial score (nSPS) is 14.9. The van der Waals surface area contributed by atoms with Crippen LogP contribution in [0, 0.1) is 0 Å². The van der Waals surface area contributed by atoms with Crippen molar-refractivity contribution in [3.8, 4) is 0 Å². The van der Waals surface area contributed by atoms with Crippen molar-refractivity contribution in [1.29, 1.82) is 0 Å². The summed E-state index contributed by atoms with van der Waals surface area (Å²) in [5, 5.41) is 19.0. The summed E-state index contributed by atoms with van der Waals surface area (Å²) in [5.74, 6) is 2.59. The number of carbonyl (C=O) groups is 2. The van der Waals surface area contributed by atoms with Gasteiger partial charge in [0.1, 0.15) is 13.2 Å². The van der Waals surface area contributed by atoms with Gasteiger partial charge in [-0.3, -0.25) is 0 Å². The number of rotatable bonds is 18. The molecule has 2 fully saturated rings. The third-order valence-corrected chi connectivity index (χ3v) is 5.10. The molecule has 0 amide bonds. The quantitative estimate of drug-likeness (QED) is 0.0209. The molecule has 0 saturated carbocycles. The SMILES string of the molecule is C=CB1NB(C=C)NB(COC(=O)C(=C)C)N1.C=CCOOCB1NB(COOCC=C)NB(COC(=O)C=C)N1. The molecule has 2 saturated heterocycles. The number of esters is 2. The summed E-state index contributed by atoms with van der Waals surface area (Å²) < 4.78 is 10.1. The number of hydrogen-bond donors (Lipinski definition) is 6. The van der Waals surface area contributed by atoms with Crippen molar-refractivity contribution in [3.63, 3.8) is 0 Å². The Kier molecular flexibility index (Phi) is 19.6. The highest BCUT2D eigenvalue weighted by atomic mass is 17.2. The molecule has 41 heavy (non-hydrogen) atoms. The first kappa shape index (κ1) is 36.4. The Hall–Kier alpha value is -2.63. The van der Waals surface area contributed by atoms with Gasteiger partial charge in [-0.2, -0.15) is 0 Å². The molecular formula is C21H38B6N6O8. The van der Waals surface area contributed by atoms with Crippen molar-refractivity contribution in [2.24, 2.45) is 0 Å². The van der Waals surface area contributed by atoms with Gasteiger partial charge in [-0.25, -0.2) is 29.1 Å². The van der Waals surface area contributed by atoms with E-state index in [1.807, 2.05) is 0 Å². The van der Waals surface area contributed by atoms with Crippen molar-refractivity contribution in [3.05, 3.63) is 75.2 Å². The van der Waals surface area contributed by atoms with Crippen molar-refractivity contribution in [2.75, 3.05) is 39.2 Å². The van der Waals surface area contributed by atoms with Crippen molar-refractivity contribution in [2.45, 2.75) is 6.92 Å². The Balaban J connectivity index is 0.000000435. The van der Waals surface area contributed by atoms with Gasteiger partial charge < -0.3 is 40.3 Å². The van der Waals surface area contributed by atoms with Crippen LogP contribution < -0.4 is 30.8 Å². The molecule has 218 valence electrons. The summed E-state index contributed by atoms with van der Waals surface area (Å²) in [4.78, 5) is 42.4. The summed E-state index contributed by atoms with van der Waals surface area (Å²) in [5.41, 5.74) is 0.388. The van der Waals surface area contributed by atoms with Crippen molar-refractivity contribution >= 4 is 53.8 Å². The fourth-order valence-electron chi connectivity index (χ4n) is 3.23. The molecule has 0 aromatic carbocycles. The largest absolute Gasteiger partial charge is 0.468 e. The average molecular weight is 567 g/mol. The summed E-state index contributed by atoms with van der Waals surface area (Å²) >= 11 is 0. The van der Waals surface area contributed by atoms with E-state index in [-0.39, 0.29) is 81.1 Å². The van der Waals surface area contributed by atoms with E-state index in [0.29, 0.717) is 5.57 Å². The topological polar surface area (TPSA) is 162 Å². The highest BCUT2D eigenvalue weighted by Crippen LogP contribution is 1.95. The van der Waals surface area contributed by atoms with Crippen LogP contribution in [0.4, 0.5) is 0 Å². The monoisotopic (exact) mass is 568 g/mol. The number of hydrogen-bond acceptors (Lipinski definition) is 14. The Bertz CT molecular complexity index is 853. The second-order valence-electron chi connectivity index (χ2n) is 8.57. The predicted molar refractivity (Wildman–Crippen MR) is 165 cm³/mol. The van der Waals surface area contributed by atoms with Gasteiger partial charge in [0.05, 0.1) is 26.0 Å². The molecule has 0 aromatic heterocycles. The van der Waals surface area contributed by atoms with E-state index in [9.17, 15) is 9.59 Å². The Morgan fingerprint density at radius 1 is 0.634 bits per heavy atom. The maximum absolute atomic E-state index is 11.3. The highest BCUT2D eigenvalue weighted by molar-refractivity contribution is 6.90. The zero-order chi connectivity index (χ0) is 30.5. The van der Waals surface area contributed by atoms with E-state index in [0.717, 1.165) is 6.08 Å². The van der Waals surface area contributed by atoms with E-state index >= 15 is 0 Å². The molecule has 2 aliphatic heterocycles. The number of ether oxygens (including phenoxy) is 2. The summed E-state index contributed by atoms with van der Waals surface area (Å²) in [6.45, 7) is 23.2. The smallest absolute Gasteiger partial charge is 0.332 e. The number of nitrogens with one attached hydrogen (secondary N) is 6. The van der Waals surface area contributed by atoms with Gasteiger partial charge in [-0.1, -0.05) is 37.3 Å². The van der Waals surface area contributed by atoms with Crippen LogP contribution in [0.5, 0.6) is 0 Å². The molecule has 14 nitrogen and oxygen atoms in total. The third kappa shape index (κ3) is 16.4. The van der Waals surface area contributed by atoms with E-state index in [1.165, 1.54) is 0 Å². The molecule has 6 N–H and O–H groups in total. The molecule has 0 spiro atoms. The fourth-order valence-corrected chi connectivity index (χ4v) is 3.23. The van der Waals surface area contributed by atoms with Crippen molar-refractivity contribution < 1.29 is 38.6 Å². The first-order valence-corrected chi connectivity index (χ1v) is 12.9. The summed E-state index contributed by atoms with van der Waals surface area (Å²) in [6, 6.07) is 0. The van der Waals surface area contributed by atoms with Gasteiger partial charge in [0, 0.05) is 11.6 Å². The third-order valence-electron chi connectivity index (χ3n) is 5.10. The minimum absolute atomic E-state index is 0.0484. The van der Waals surface area contributed by atoms with Gasteiger partial charge in [0.2, 0.25) is 0 Å². The molecule has 2 rings (SSSR count). The molecule has 0 aliphatic carbocycles. The molecule has 0 aromatic rings. The maximum Gasteiger partial charge on any atom is 0.332 e. The van der Waals surface area contributed by atoms with E-state index in [1.54, 1.807) is 31.0 Å². The highest BCUT2D eigenvalue weighted by Gasteiger charge is 2.36. The molecule has 0 atom stereocenters. The zero-order valence-electron chi connectivity index (χ0n) is 23.6. The van der Waals surface area contributed by atoms with Gasteiger partial charge in [0.25, 0.3) is 0 Å². The average Bonchev–Trinajstić information content (AvgIpc) is 2.99. The molecular weight excluding hydrogens is 529 g/mol. The van der Waals surface area contributed by atoms with Crippen LogP contribution in [0.25, 0.3) is 0 Å². The van der Waals surface area contributed by atoms with E-state index in [2.05, 4.69) is 70.3 Å². The van der Waals surface area contributed by atoms with Gasteiger partial charge in [-0.05, 0) is 6.92 Å². The molecule has 2 aliphatic rings. The summed E-state index contributed by atoms with van der Waals surface area (Å²) in [7, 11) is 0. The molecule has 2 heterocycles. The minimum atomic E-state index is -0.499.